The van der Waals surface area contributed by atoms with Crippen LogP contribution in [-0.2, 0) is 16.6 Å². The summed E-state index contributed by atoms with van der Waals surface area (Å²) in [7, 11) is -3.08. The lowest BCUT2D eigenvalue weighted by Gasteiger charge is -2.30. The van der Waals surface area contributed by atoms with Gasteiger partial charge in [-0.05, 0) is 37.8 Å². The number of hydrogen-bond donors (Lipinski definition) is 2. The number of aliphatic imine (C=N–C) groups is 1. The molecule has 0 bridgehead atoms. The van der Waals surface area contributed by atoms with E-state index in [0.717, 1.165) is 43.4 Å². The van der Waals surface area contributed by atoms with Crippen LogP contribution in [0.4, 0.5) is 0 Å². The Labute approximate surface area is 159 Å². The van der Waals surface area contributed by atoms with Crippen molar-refractivity contribution in [2.75, 3.05) is 32.4 Å². The van der Waals surface area contributed by atoms with E-state index in [2.05, 4.69) is 25.8 Å². The third-order valence-corrected chi connectivity index (χ3v) is 6.01. The summed E-state index contributed by atoms with van der Waals surface area (Å²) in [4.78, 5) is 4.61. The summed E-state index contributed by atoms with van der Waals surface area (Å²) < 4.78 is 26.7. The predicted molar refractivity (Wildman–Crippen MR) is 105 cm³/mol. The molecular weight excluding hydrogens is 366 g/mol. The standard InChI is InChI=1S/C17H27N7O2S/c1-3-18-17(19-12-14-7-10-23(11-8-14)27(2,25)26)20-13-16-22-21-15-6-4-5-9-24(15)16/h4-6,9,14H,3,7-8,10-13H2,1-2H3,(H2,18,19,20). The summed E-state index contributed by atoms with van der Waals surface area (Å²) in [6.07, 6.45) is 4.91. The van der Waals surface area contributed by atoms with E-state index in [1.807, 2.05) is 35.7 Å². The SMILES string of the molecule is CCNC(=NCc1nnc2ccccn12)NCC1CCN(S(C)(=O)=O)CC1. The van der Waals surface area contributed by atoms with Crippen LogP contribution in [0, 0.1) is 5.92 Å². The molecule has 0 radical (unpaired) electrons. The third-order valence-electron chi connectivity index (χ3n) is 4.71. The second-order valence-electron chi connectivity index (χ2n) is 6.73. The maximum absolute atomic E-state index is 11.6. The second kappa shape index (κ2) is 8.66. The summed E-state index contributed by atoms with van der Waals surface area (Å²) >= 11 is 0. The van der Waals surface area contributed by atoms with Crippen LogP contribution >= 0.6 is 0 Å². The van der Waals surface area contributed by atoms with Crippen LogP contribution in [0.25, 0.3) is 5.65 Å². The number of sulfonamides is 1. The first-order valence-corrected chi connectivity index (χ1v) is 11.1. The van der Waals surface area contributed by atoms with Crippen molar-refractivity contribution in [1.29, 1.82) is 0 Å². The van der Waals surface area contributed by atoms with Gasteiger partial charge in [0.2, 0.25) is 10.0 Å². The van der Waals surface area contributed by atoms with Crippen LogP contribution in [0.15, 0.2) is 29.4 Å². The molecule has 1 saturated heterocycles. The van der Waals surface area contributed by atoms with Gasteiger partial charge in [0.05, 0.1) is 6.26 Å². The molecule has 1 fully saturated rings. The zero-order valence-corrected chi connectivity index (χ0v) is 16.6. The molecule has 0 aromatic carbocycles. The van der Waals surface area contributed by atoms with Gasteiger partial charge in [-0.15, -0.1) is 10.2 Å². The molecular formula is C17H27N7O2S. The monoisotopic (exact) mass is 393 g/mol. The number of guanidine groups is 1. The lowest BCUT2D eigenvalue weighted by molar-refractivity contribution is 0.275. The number of aromatic nitrogens is 3. The molecule has 2 aromatic heterocycles. The van der Waals surface area contributed by atoms with Crippen molar-refractivity contribution in [1.82, 2.24) is 29.5 Å². The Hall–Kier alpha value is -2.20. The maximum atomic E-state index is 11.6. The fraction of sp³-hybridized carbons (Fsp3) is 0.588. The number of piperidine rings is 1. The number of nitrogens with one attached hydrogen (secondary N) is 2. The molecule has 3 heterocycles. The Morgan fingerprint density at radius 2 is 2.04 bits per heavy atom. The summed E-state index contributed by atoms with van der Waals surface area (Å²) in [6, 6.07) is 5.78. The van der Waals surface area contributed by atoms with Gasteiger partial charge in [0.1, 0.15) is 6.54 Å². The topological polar surface area (TPSA) is 104 Å². The number of fused-ring (bicyclic) bond motifs is 1. The van der Waals surface area contributed by atoms with Gasteiger partial charge in [-0.25, -0.2) is 17.7 Å². The average molecular weight is 394 g/mol. The summed E-state index contributed by atoms with van der Waals surface area (Å²) in [5.74, 6) is 1.95. The minimum atomic E-state index is -3.08. The Kier molecular flexibility index (Phi) is 6.27. The Bertz CT molecular complexity index is 886. The molecule has 9 nitrogen and oxygen atoms in total. The van der Waals surface area contributed by atoms with E-state index in [0.29, 0.717) is 25.6 Å². The highest BCUT2D eigenvalue weighted by Crippen LogP contribution is 2.18. The van der Waals surface area contributed by atoms with Gasteiger partial charge in [0.25, 0.3) is 0 Å². The average Bonchev–Trinajstić information content (AvgIpc) is 3.07. The highest BCUT2D eigenvalue weighted by atomic mass is 32.2. The highest BCUT2D eigenvalue weighted by Gasteiger charge is 2.24. The van der Waals surface area contributed by atoms with Crippen molar-refractivity contribution >= 4 is 21.6 Å². The van der Waals surface area contributed by atoms with Gasteiger partial charge >= 0.3 is 0 Å². The summed E-state index contributed by atoms with van der Waals surface area (Å²) in [6.45, 7) is 5.15. The molecule has 10 heteroatoms. The Balaban J connectivity index is 1.55. The third kappa shape index (κ3) is 5.16. The van der Waals surface area contributed by atoms with Crippen molar-refractivity contribution in [2.45, 2.75) is 26.3 Å². The minimum absolute atomic E-state index is 0.424. The lowest BCUT2D eigenvalue weighted by Crippen LogP contribution is -2.44. The van der Waals surface area contributed by atoms with E-state index in [4.69, 9.17) is 0 Å². The van der Waals surface area contributed by atoms with Gasteiger partial charge in [0, 0.05) is 32.4 Å². The molecule has 3 rings (SSSR count). The fourth-order valence-electron chi connectivity index (χ4n) is 3.18. The molecule has 27 heavy (non-hydrogen) atoms. The van der Waals surface area contributed by atoms with Crippen molar-refractivity contribution in [3.63, 3.8) is 0 Å². The van der Waals surface area contributed by atoms with E-state index in [1.54, 1.807) is 4.31 Å². The largest absolute Gasteiger partial charge is 0.357 e. The van der Waals surface area contributed by atoms with Crippen molar-refractivity contribution < 1.29 is 8.42 Å². The molecule has 148 valence electrons. The van der Waals surface area contributed by atoms with E-state index in [-0.39, 0.29) is 0 Å². The van der Waals surface area contributed by atoms with Crippen LogP contribution in [0.1, 0.15) is 25.6 Å². The quantitative estimate of drug-likeness (QED) is 0.546. The first kappa shape index (κ1) is 19.6. The number of pyridine rings is 1. The van der Waals surface area contributed by atoms with Crippen molar-refractivity contribution in [2.24, 2.45) is 10.9 Å². The molecule has 0 amide bonds. The zero-order valence-electron chi connectivity index (χ0n) is 15.8. The Morgan fingerprint density at radius 3 is 2.74 bits per heavy atom. The molecule has 0 aliphatic carbocycles. The maximum Gasteiger partial charge on any atom is 0.211 e. The van der Waals surface area contributed by atoms with Gasteiger partial charge in [-0.1, -0.05) is 6.07 Å². The van der Waals surface area contributed by atoms with Gasteiger partial charge < -0.3 is 10.6 Å². The van der Waals surface area contributed by atoms with Gasteiger partial charge in [-0.2, -0.15) is 0 Å². The van der Waals surface area contributed by atoms with Gasteiger partial charge in [0.15, 0.2) is 17.4 Å². The number of nitrogens with zero attached hydrogens (tertiary/aromatic N) is 5. The summed E-state index contributed by atoms with van der Waals surface area (Å²) in [5.41, 5.74) is 0.804. The van der Waals surface area contributed by atoms with Crippen molar-refractivity contribution in [3.05, 3.63) is 30.2 Å². The van der Waals surface area contributed by atoms with E-state index in [9.17, 15) is 8.42 Å². The molecule has 2 aromatic rings. The fourth-order valence-corrected chi connectivity index (χ4v) is 4.05. The molecule has 1 aliphatic heterocycles. The first-order valence-electron chi connectivity index (χ1n) is 9.23. The molecule has 0 unspecified atom stereocenters. The van der Waals surface area contributed by atoms with Crippen molar-refractivity contribution in [3.8, 4) is 0 Å². The minimum Gasteiger partial charge on any atom is -0.357 e. The number of hydrogen-bond acceptors (Lipinski definition) is 5. The van der Waals surface area contributed by atoms with E-state index in [1.165, 1.54) is 6.26 Å². The van der Waals surface area contributed by atoms with Crippen LogP contribution in [-0.4, -0.2) is 65.7 Å². The Morgan fingerprint density at radius 1 is 1.26 bits per heavy atom. The predicted octanol–water partition coefficient (Wildman–Crippen LogP) is 0.456. The van der Waals surface area contributed by atoms with E-state index < -0.39 is 10.0 Å². The molecule has 0 atom stereocenters. The number of rotatable bonds is 6. The summed E-state index contributed by atoms with van der Waals surface area (Å²) in [5, 5.41) is 14.9. The first-order chi connectivity index (χ1) is 13.0. The molecule has 1 aliphatic rings. The van der Waals surface area contributed by atoms with Crippen LogP contribution in [0.2, 0.25) is 0 Å². The molecule has 2 N–H and O–H groups in total. The molecule has 0 spiro atoms. The zero-order chi connectivity index (χ0) is 19.3. The van der Waals surface area contributed by atoms with Crippen LogP contribution in [0.3, 0.4) is 0 Å². The van der Waals surface area contributed by atoms with Crippen LogP contribution < -0.4 is 10.6 Å². The lowest BCUT2D eigenvalue weighted by atomic mass is 9.98. The second-order valence-corrected chi connectivity index (χ2v) is 8.71. The normalized spacial score (nSPS) is 17.3. The van der Waals surface area contributed by atoms with Gasteiger partial charge in [-0.3, -0.25) is 4.40 Å². The highest BCUT2D eigenvalue weighted by molar-refractivity contribution is 7.88. The smallest absolute Gasteiger partial charge is 0.211 e. The van der Waals surface area contributed by atoms with Crippen LogP contribution in [0.5, 0.6) is 0 Å². The van der Waals surface area contributed by atoms with E-state index >= 15 is 0 Å². The molecule has 0 saturated carbocycles.